The van der Waals surface area contributed by atoms with Gasteiger partial charge in [-0.2, -0.15) is 0 Å². The molecule has 0 saturated carbocycles. The number of rotatable bonds is 6. The number of hydrogen-bond donors (Lipinski definition) is 2. The van der Waals surface area contributed by atoms with Gasteiger partial charge in [-0.25, -0.2) is 13.1 Å². The van der Waals surface area contributed by atoms with Crippen LogP contribution in [0.15, 0.2) is 22.8 Å². The average Bonchev–Trinajstić information content (AvgIpc) is 2.87. The number of likely N-dealkylation sites (tertiary alicyclic amines) is 1. The van der Waals surface area contributed by atoms with Crippen molar-refractivity contribution in [3.8, 4) is 0 Å². The van der Waals surface area contributed by atoms with Crippen LogP contribution < -0.4 is 10.0 Å². The van der Waals surface area contributed by atoms with Gasteiger partial charge in [0.15, 0.2) is 0 Å². The van der Waals surface area contributed by atoms with E-state index in [0.717, 1.165) is 25.6 Å². The highest BCUT2D eigenvalue weighted by atomic mass is 32.2. The maximum absolute atomic E-state index is 11.9. The molecule has 1 aliphatic heterocycles. The molecule has 0 aromatic carbocycles. The Kier molecular flexibility index (Phi) is 5.38. The Hall–Kier alpha value is -1.38. The van der Waals surface area contributed by atoms with E-state index in [4.69, 9.17) is 4.42 Å². The third-order valence-corrected chi connectivity index (χ3v) is 4.05. The highest BCUT2D eigenvalue weighted by molar-refractivity contribution is 7.88. The molecule has 2 heterocycles. The van der Waals surface area contributed by atoms with E-state index in [1.807, 2.05) is 4.90 Å². The standard InChI is InChI=1S/C13H21N3O4S/c1-21(18,19)15-11-4-2-6-16(9-11)10-13(17)14-8-12-5-3-7-20-12/h3,5,7,11,15H,2,4,6,8-10H2,1H3,(H,14,17). The van der Waals surface area contributed by atoms with E-state index in [9.17, 15) is 13.2 Å². The Labute approximate surface area is 124 Å². The molecule has 1 aliphatic rings. The molecule has 1 aromatic heterocycles. The number of nitrogens with zero attached hydrogens (tertiary/aromatic N) is 1. The molecule has 1 aromatic rings. The van der Waals surface area contributed by atoms with Crippen LogP contribution in [0.2, 0.25) is 0 Å². The van der Waals surface area contributed by atoms with E-state index in [0.29, 0.717) is 18.8 Å². The zero-order chi connectivity index (χ0) is 15.3. The number of carbonyl (C=O) groups excluding carboxylic acids is 1. The molecule has 8 heteroatoms. The van der Waals surface area contributed by atoms with Crippen LogP contribution in [0.3, 0.4) is 0 Å². The number of amides is 1. The largest absolute Gasteiger partial charge is 0.467 e. The second kappa shape index (κ2) is 7.06. The molecule has 1 fully saturated rings. The highest BCUT2D eigenvalue weighted by Crippen LogP contribution is 2.10. The van der Waals surface area contributed by atoms with Crippen molar-refractivity contribution in [2.45, 2.75) is 25.4 Å². The van der Waals surface area contributed by atoms with Crippen molar-refractivity contribution < 1.29 is 17.6 Å². The maximum atomic E-state index is 11.9. The van der Waals surface area contributed by atoms with Crippen molar-refractivity contribution >= 4 is 15.9 Å². The number of hydrogen-bond acceptors (Lipinski definition) is 5. The molecule has 2 rings (SSSR count). The van der Waals surface area contributed by atoms with Crippen molar-refractivity contribution in [2.24, 2.45) is 0 Å². The smallest absolute Gasteiger partial charge is 0.234 e. The molecule has 0 radical (unpaired) electrons. The lowest BCUT2D eigenvalue weighted by Gasteiger charge is -2.32. The summed E-state index contributed by atoms with van der Waals surface area (Å²) in [5, 5.41) is 2.78. The summed E-state index contributed by atoms with van der Waals surface area (Å²) in [7, 11) is -3.21. The van der Waals surface area contributed by atoms with E-state index in [2.05, 4.69) is 10.0 Å². The number of nitrogens with one attached hydrogen (secondary N) is 2. The Morgan fingerprint density at radius 1 is 1.52 bits per heavy atom. The van der Waals surface area contributed by atoms with Crippen LogP contribution in [0, 0.1) is 0 Å². The van der Waals surface area contributed by atoms with Crippen molar-refractivity contribution in [1.29, 1.82) is 0 Å². The number of sulfonamides is 1. The maximum Gasteiger partial charge on any atom is 0.234 e. The lowest BCUT2D eigenvalue weighted by atomic mass is 10.1. The summed E-state index contributed by atoms with van der Waals surface area (Å²) < 4.78 is 30.2. The molecule has 118 valence electrons. The SMILES string of the molecule is CS(=O)(=O)NC1CCCN(CC(=O)NCc2ccco2)C1. The first-order valence-electron chi connectivity index (χ1n) is 6.91. The zero-order valence-corrected chi connectivity index (χ0v) is 12.9. The molecule has 1 amide bonds. The Balaban J connectivity index is 1.75. The van der Waals surface area contributed by atoms with E-state index in [-0.39, 0.29) is 18.5 Å². The molecule has 0 aliphatic carbocycles. The van der Waals surface area contributed by atoms with Gasteiger partial charge in [-0.15, -0.1) is 0 Å². The quantitative estimate of drug-likeness (QED) is 0.765. The summed E-state index contributed by atoms with van der Waals surface area (Å²) in [5.74, 6) is 0.616. The van der Waals surface area contributed by atoms with Crippen molar-refractivity contribution in [2.75, 3.05) is 25.9 Å². The molecule has 0 spiro atoms. The summed E-state index contributed by atoms with van der Waals surface area (Å²) in [6.45, 7) is 1.99. The van der Waals surface area contributed by atoms with Gasteiger partial charge in [0.2, 0.25) is 15.9 Å². The van der Waals surface area contributed by atoms with Crippen LogP contribution >= 0.6 is 0 Å². The first-order valence-corrected chi connectivity index (χ1v) is 8.80. The van der Waals surface area contributed by atoms with Gasteiger partial charge in [0, 0.05) is 12.6 Å². The van der Waals surface area contributed by atoms with Gasteiger partial charge in [-0.05, 0) is 31.5 Å². The fourth-order valence-corrected chi connectivity index (χ4v) is 3.25. The van der Waals surface area contributed by atoms with Gasteiger partial charge in [0.25, 0.3) is 0 Å². The first kappa shape index (κ1) is 16.0. The fourth-order valence-electron chi connectivity index (χ4n) is 2.46. The van der Waals surface area contributed by atoms with Crippen LogP contribution in [-0.2, 0) is 21.4 Å². The molecular formula is C13H21N3O4S. The topological polar surface area (TPSA) is 91.7 Å². The summed E-state index contributed by atoms with van der Waals surface area (Å²) in [6, 6.07) is 3.45. The monoisotopic (exact) mass is 315 g/mol. The third kappa shape index (κ3) is 5.86. The average molecular weight is 315 g/mol. The predicted molar refractivity (Wildman–Crippen MR) is 78.0 cm³/mol. The minimum Gasteiger partial charge on any atom is -0.467 e. The molecule has 1 saturated heterocycles. The summed E-state index contributed by atoms with van der Waals surface area (Å²) in [5.41, 5.74) is 0. The first-order chi connectivity index (χ1) is 9.92. The molecule has 0 bridgehead atoms. The van der Waals surface area contributed by atoms with Crippen molar-refractivity contribution in [3.05, 3.63) is 24.2 Å². The van der Waals surface area contributed by atoms with Gasteiger partial charge >= 0.3 is 0 Å². The number of carbonyl (C=O) groups is 1. The van der Waals surface area contributed by atoms with Crippen LogP contribution in [0.1, 0.15) is 18.6 Å². The summed E-state index contributed by atoms with van der Waals surface area (Å²) in [4.78, 5) is 13.8. The molecule has 7 nitrogen and oxygen atoms in total. The molecule has 1 atom stereocenters. The molecular weight excluding hydrogens is 294 g/mol. The van der Waals surface area contributed by atoms with Gasteiger partial charge in [0.05, 0.1) is 25.6 Å². The Bertz CT molecular complexity index is 556. The van der Waals surface area contributed by atoms with Gasteiger partial charge in [-0.3, -0.25) is 9.69 Å². The van der Waals surface area contributed by atoms with Gasteiger partial charge in [-0.1, -0.05) is 0 Å². The lowest BCUT2D eigenvalue weighted by molar-refractivity contribution is -0.122. The number of furan rings is 1. The molecule has 21 heavy (non-hydrogen) atoms. The van der Waals surface area contributed by atoms with E-state index >= 15 is 0 Å². The number of piperidine rings is 1. The summed E-state index contributed by atoms with van der Waals surface area (Å²) >= 11 is 0. The van der Waals surface area contributed by atoms with Crippen LogP contribution in [0.4, 0.5) is 0 Å². The highest BCUT2D eigenvalue weighted by Gasteiger charge is 2.23. The molecule has 2 N–H and O–H groups in total. The van der Waals surface area contributed by atoms with Crippen LogP contribution in [0.5, 0.6) is 0 Å². The zero-order valence-electron chi connectivity index (χ0n) is 12.0. The second-order valence-electron chi connectivity index (χ2n) is 5.32. The van der Waals surface area contributed by atoms with Gasteiger partial charge < -0.3 is 9.73 Å². The van der Waals surface area contributed by atoms with Crippen LogP contribution in [0.25, 0.3) is 0 Å². The second-order valence-corrected chi connectivity index (χ2v) is 7.10. The minimum atomic E-state index is -3.21. The van der Waals surface area contributed by atoms with E-state index < -0.39 is 10.0 Å². The fraction of sp³-hybridized carbons (Fsp3) is 0.615. The predicted octanol–water partition coefficient (Wildman–Crippen LogP) is -0.0906. The summed E-state index contributed by atoms with van der Waals surface area (Å²) in [6.07, 6.45) is 4.39. The van der Waals surface area contributed by atoms with E-state index in [1.54, 1.807) is 18.4 Å². The Morgan fingerprint density at radius 2 is 2.33 bits per heavy atom. The molecule has 1 unspecified atom stereocenters. The minimum absolute atomic E-state index is 0.0913. The normalized spacial score (nSPS) is 20.3. The van der Waals surface area contributed by atoms with Crippen LogP contribution in [-0.4, -0.2) is 51.2 Å². The lowest BCUT2D eigenvalue weighted by Crippen LogP contribution is -2.49. The van der Waals surface area contributed by atoms with Gasteiger partial charge in [0.1, 0.15) is 5.76 Å². The van der Waals surface area contributed by atoms with Crippen molar-refractivity contribution in [3.63, 3.8) is 0 Å². The Morgan fingerprint density at radius 3 is 3.00 bits per heavy atom. The van der Waals surface area contributed by atoms with Crippen molar-refractivity contribution in [1.82, 2.24) is 14.9 Å². The van der Waals surface area contributed by atoms with E-state index in [1.165, 1.54) is 0 Å². The third-order valence-electron chi connectivity index (χ3n) is 3.29.